The number of hydrogen-bond acceptors (Lipinski definition) is 4. The molecule has 2 unspecified atom stereocenters. The number of nitrogens with zero attached hydrogens (tertiary/aromatic N) is 2. The molecule has 170 valence electrons. The summed E-state index contributed by atoms with van der Waals surface area (Å²) in [5.74, 6) is -1.01. The minimum atomic E-state index is -4.14. The molecule has 1 heterocycles. The maximum Gasteiger partial charge on any atom is 0.252 e. The van der Waals surface area contributed by atoms with Crippen LogP contribution in [0.15, 0.2) is 83.8 Å². The van der Waals surface area contributed by atoms with Gasteiger partial charge in [-0.15, -0.1) is 0 Å². The van der Waals surface area contributed by atoms with E-state index in [1.54, 1.807) is 55.5 Å². The first-order chi connectivity index (χ1) is 15.7. The molecule has 3 aromatic rings. The van der Waals surface area contributed by atoms with E-state index in [1.807, 2.05) is 13.0 Å². The van der Waals surface area contributed by atoms with E-state index in [2.05, 4.69) is 0 Å². The van der Waals surface area contributed by atoms with E-state index in [9.17, 15) is 18.0 Å². The lowest BCUT2D eigenvalue weighted by Crippen LogP contribution is -2.46. The zero-order valence-corrected chi connectivity index (χ0v) is 19.8. The summed E-state index contributed by atoms with van der Waals surface area (Å²) in [4.78, 5) is 27.5. The van der Waals surface area contributed by atoms with Crippen molar-refractivity contribution in [3.8, 4) is 0 Å². The highest BCUT2D eigenvalue weighted by atomic mass is 35.5. The fourth-order valence-electron chi connectivity index (χ4n) is 4.03. The minimum Gasteiger partial charge on any atom is -0.274 e. The molecule has 3 aromatic carbocycles. The van der Waals surface area contributed by atoms with Crippen LogP contribution in [-0.2, 0) is 19.6 Å². The topological polar surface area (TPSA) is 74.8 Å². The van der Waals surface area contributed by atoms with Gasteiger partial charge in [-0.05, 0) is 55.8 Å². The van der Waals surface area contributed by atoms with Crippen molar-refractivity contribution in [3.05, 3.63) is 95.0 Å². The van der Waals surface area contributed by atoms with Crippen molar-refractivity contribution in [1.29, 1.82) is 0 Å². The molecule has 2 amide bonds. The zero-order valence-electron chi connectivity index (χ0n) is 18.2. The summed E-state index contributed by atoms with van der Waals surface area (Å²) in [5.41, 5.74) is 2.12. The standard InChI is InChI=1S/C25H23ClN2O4S/c1-17-8-12-21(13-9-17)27-24(29)16-23(25(27)30)28(18(2)19-6-4-3-5-7-19)33(31,32)22-14-10-20(26)11-15-22/h3-15,18,23H,16H2,1-2H3. The maximum atomic E-state index is 13.8. The molecule has 33 heavy (non-hydrogen) atoms. The van der Waals surface area contributed by atoms with Crippen LogP contribution in [0.1, 0.15) is 30.5 Å². The van der Waals surface area contributed by atoms with Crippen molar-refractivity contribution in [2.45, 2.75) is 37.2 Å². The van der Waals surface area contributed by atoms with Gasteiger partial charge in [0, 0.05) is 11.1 Å². The Kier molecular flexibility index (Phi) is 6.38. The van der Waals surface area contributed by atoms with Crippen molar-refractivity contribution >= 4 is 39.1 Å². The van der Waals surface area contributed by atoms with E-state index in [1.165, 1.54) is 24.3 Å². The molecular formula is C25H23ClN2O4S. The van der Waals surface area contributed by atoms with Gasteiger partial charge < -0.3 is 0 Å². The van der Waals surface area contributed by atoms with Crippen LogP contribution < -0.4 is 4.90 Å². The first kappa shape index (κ1) is 23.2. The summed E-state index contributed by atoms with van der Waals surface area (Å²) in [6, 6.07) is 19.9. The maximum absolute atomic E-state index is 13.8. The lowest BCUT2D eigenvalue weighted by Gasteiger charge is -2.32. The lowest BCUT2D eigenvalue weighted by molar-refractivity contribution is -0.122. The van der Waals surface area contributed by atoms with E-state index in [0.717, 1.165) is 14.8 Å². The smallest absolute Gasteiger partial charge is 0.252 e. The summed E-state index contributed by atoms with van der Waals surface area (Å²) in [7, 11) is -4.14. The van der Waals surface area contributed by atoms with Gasteiger partial charge in [-0.2, -0.15) is 4.31 Å². The van der Waals surface area contributed by atoms with E-state index in [0.29, 0.717) is 16.3 Å². The SMILES string of the molecule is Cc1ccc(N2C(=O)CC(N(C(C)c3ccccc3)S(=O)(=O)c3ccc(Cl)cc3)C2=O)cc1. The molecule has 0 bridgehead atoms. The normalized spacial score (nSPS) is 17.6. The van der Waals surface area contributed by atoms with Gasteiger partial charge in [-0.25, -0.2) is 13.3 Å². The van der Waals surface area contributed by atoms with Crippen LogP contribution >= 0.6 is 11.6 Å². The molecule has 0 spiro atoms. The zero-order chi connectivity index (χ0) is 23.8. The number of carbonyl (C=O) groups excluding carboxylic acids is 2. The fraction of sp³-hybridized carbons (Fsp3) is 0.200. The Balaban J connectivity index is 1.79. The van der Waals surface area contributed by atoms with Gasteiger partial charge >= 0.3 is 0 Å². The summed E-state index contributed by atoms with van der Waals surface area (Å²) in [5, 5.41) is 0.397. The molecule has 8 heteroatoms. The average Bonchev–Trinajstić information content (AvgIpc) is 3.08. The van der Waals surface area contributed by atoms with Gasteiger partial charge in [0.2, 0.25) is 15.9 Å². The van der Waals surface area contributed by atoms with Crippen molar-refractivity contribution in [2.75, 3.05) is 4.90 Å². The molecule has 6 nitrogen and oxygen atoms in total. The highest BCUT2D eigenvalue weighted by molar-refractivity contribution is 7.89. The number of hydrogen-bond donors (Lipinski definition) is 0. The van der Waals surface area contributed by atoms with E-state index < -0.39 is 33.9 Å². The first-order valence-corrected chi connectivity index (χ1v) is 12.3. The molecule has 1 aliphatic rings. The third-order valence-corrected chi connectivity index (χ3v) is 8.02. The van der Waals surface area contributed by atoms with Gasteiger partial charge in [0.15, 0.2) is 0 Å². The molecule has 1 aliphatic heterocycles. The van der Waals surface area contributed by atoms with Crippen LogP contribution in [-0.4, -0.2) is 30.6 Å². The quantitative estimate of drug-likeness (QED) is 0.476. The molecule has 0 aromatic heterocycles. The van der Waals surface area contributed by atoms with Crippen molar-refractivity contribution in [1.82, 2.24) is 4.31 Å². The van der Waals surface area contributed by atoms with Crippen LogP contribution in [0.5, 0.6) is 0 Å². The summed E-state index contributed by atoms with van der Waals surface area (Å²) in [6.45, 7) is 3.62. The number of anilines is 1. The van der Waals surface area contributed by atoms with Crippen LogP contribution in [0.2, 0.25) is 5.02 Å². The number of amides is 2. The molecule has 2 atom stereocenters. The molecule has 0 N–H and O–H groups in total. The number of rotatable bonds is 6. The second kappa shape index (κ2) is 9.09. The first-order valence-electron chi connectivity index (χ1n) is 10.5. The number of aryl methyl sites for hydroxylation is 1. The summed E-state index contributed by atoms with van der Waals surface area (Å²) < 4.78 is 28.7. The molecule has 0 radical (unpaired) electrons. The number of halogens is 1. The van der Waals surface area contributed by atoms with Crippen LogP contribution in [0.4, 0.5) is 5.69 Å². The highest BCUT2D eigenvalue weighted by Gasteiger charge is 2.48. The fourth-order valence-corrected chi connectivity index (χ4v) is 5.92. The third-order valence-electron chi connectivity index (χ3n) is 5.77. The third kappa shape index (κ3) is 4.44. The molecule has 0 saturated carbocycles. The average molecular weight is 483 g/mol. The van der Waals surface area contributed by atoms with Crippen molar-refractivity contribution in [2.24, 2.45) is 0 Å². The number of imide groups is 1. The van der Waals surface area contributed by atoms with Gasteiger partial charge in [0.05, 0.1) is 17.0 Å². The van der Waals surface area contributed by atoms with Crippen LogP contribution in [0.25, 0.3) is 0 Å². The van der Waals surface area contributed by atoms with Crippen molar-refractivity contribution < 1.29 is 18.0 Å². The molecule has 4 rings (SSSR count). The lowest BCUT2D eigenvalue weighted by atomic mass is 10.1. The molecule has 1 saturated heterocycles. The van der Waals surface area contributed by atoms with Gasteiger partial charge in [-0.3, -0.25) is 9.59 Å². The summed E-state index contributed by atoms with van der Waals surface area (Å²) >= 11 is 5.95. The van der Waals surface area contributed by atoms with E-state index >= 15 is 0 Å². The van der Waals surface area contributed by atoms with Gasteiger partial charge in [-0.1, -0.05) is 59.6 Å². The molecular weight excluding hydrogens is 460 g/mol. The van der Waals surface area contributed by atoms with Crippen LogP contribution in [0.3, 0.4) is 0 Å². The molecule has 0 aliphatic carbocycles. The second-order valence-electron chi connectivity index (χ2n) is 8.00. The Labute approximate surface area is 198 Å². The predicted octanol–water partition coefficient (Wildman–Crippen LogP) is 4.73. The Bertz CT molecular complexity index is 1280. The minimum absolute atomic E-state index is 0.00344. The highest BCUT2D eigenvalue weighted by Crippen LogP contribution is 2.35. The van der Waals surface area contributed by atoms with Gasteiger partial charge in [0.25, 0.3) is 5.91 Å². The number of benzene rings is 3. The van der Waals surface area contributed by atoms with Crippen LogP contribution in [0, 0.1) is 6.92 Å². The summed E-state index contributed by atoms with van der Waals surface area (Å²) in [6.07, 6.45) is -0.239. The van der Waals surface area contributed by atoms with E-state index in [4.69, 9.17) is 11.6 Å². The number of sulfonamides is 1. The largest absolute Gasteiger partial charge is 0.274 e. The Hall–Kier alpha value is -3.00. The van der Waals surface area contributed by atoms with Gasteiger partial charge in [0.1, 0.15) is 6.04 Å². The van der Waals surface area contributed by atoms with E-state index in [-0.39, 0.29) is 11.3 Å². The number of carbonyl (C=O) groups is 2. The monoisotopic (exact) mass is 482 g/mol. The Morgan fingerprint density at radius 2 is 1.55 bits per heavy atom. The van der Waals surface area contributed by atoms with Crippen molar-refractivity contribution in [3.63, 3.8) is 0 Å². The Morgan fingerprint density at radius 1 is 0.939 bits per heavy atom. The second-order valence-corrected chi connectivity index (χ2v) is 10.3. The Morgan fingerprint density at radius 3 is 2.15 bits per heavy atom. The molecule has 1 fully saturated rings. The predicted molar refractivity (Wildman–Crippen MR) is 127 cm³/mol.